The summed E-state index contributed by atoms with van der Waals surface area (Å²) in [5.41, 5.74) is 0.851. The Kier molecular flexibility index (Phi) is 6.38. The molecular weight excluding hydrogens is 388 g/mol. The summed E-state index contributed by atoms with van der Waals surface area (Å²) >= 11 is 0. The Bertz CT molecular complexity index is 833. The van der Waals surface area contributed by atoms with E-state index < -0.39 is 11.9 Å². The first-order chi connectivity index (χ1) is 14.3. The Hall–Kier alpha value is -2.57. The fourth-order valence-electron chi connectivity index (χ4n) is 5.57. The lowest BCUT2D eigenvalue weighted by Gasteiger charge is -2.47. The number of carbonyl (C=O) groups excluding carboxylic acids is 3. The number of esters is 3. The number of methoxy groups -OCH3 is 3. The highest BCUT2D eigenvalue weighted by atomic mass is 16.5. The van der Waals surface area contributed by atoms with Crippen molar-refractivity contribution in [3.63, 3.8) is 0 Å². The molecular formula is C23H30O7. The molecule has 0 aromatic heterocycles. The standard InChI is InChI=1S/C23H30O7/c1-13(24)30-19-9-8-18-20(22(26)29-5)16(10-11-23(18,19)2)15-7-6-14(27-3)12-17(15)21(25)28-4/h6-7,12,16,18-20H,8-11H2,1-5H3/t16-,18+,19+,20-,23+/m1/s1. The smallest absolute Gasteiger partial charge is 0.338 e. The molecule has 0 saturated heterocycles. The molecule has 164 valence electrons. The average molecular weight is 418 g/mol. The van der Waals surface area contributed by atoms with E-state index in [1.807, 2.05) is 6.07 Å². The number of hydrogen-bond acceptors (Lipinski definition) is 7. The first-order valence-corrected chi connectivity index (χ1v) is 10.3. The third-order valence-corrected chi connectivity index (χ3v) is 7.03. The SMILES string of the molecule is COC(=O)c1cc(OC)ccc1[C@H]1CC[C@]2(C)[C@@H](OC(C)=O)CC[C@H]2[C@@H]1C(=O)OC. The van der Waals surface area contributed by atoms with Crippen LogP contribution in [0.3, 0.4) is 0 Å². The second-order valence-corrected chi connectivity index (χ2v) is 8.43. The van der Waals surface area contributed by atoms with Crippen LogP contribution in [0.5, 0.6) is 5.75 Å². The van der Waals surface area contributed by atoms with E-state index in [1.54, 1.807) is 12.1 Å². The highest BCUT2D eigenvalue weighted by Crippen LogP contribution is 2.59. The van der Waals surface area contributed by atoms with Crippen LogP contribution in [0.25, 0.3) is 0 Å². The first kappa shape index (κ1) is 22.1. The molecule has 0 bridgehead atoms. The molecule has 7 nitrogen and oxygen atoms in total. The molecule has 2 aliphatic carbocycles. The van der Waals surface area contributed by atoms with Gasteiger partial charge in [0.25, 0.3) is 0 Å². The van der Waals surface area contributed by atoms with E-state index in [0.717, 1.165) is 18.4 Å². The fourth-order valence-corrected chi connectivity index (χ4v) is 5.57. The molecule has 2 fully saturated rings. The summed E-state index contributed by atoms with van der Waals surface area (Å²) in [6.07, 6.45) is 2.70. The minimum Gasteiger partial charge on any atom is -0.497 e. The molecule has 1 aromatic rings. The largest absolute Gasteiger partial charge is 0.497 e. The van der Waals surface area contributed by atoms with Crippen molar-refractivity contribution < 1.29 is 33.3 Å². The van der Waals surface area contributed by atoms with Crippen LogP contribution in [0.1, 0.15) is 61.4 Å². The van der Waals surface area contributed by atoms with Crippen molar-refractivity contribution in [3.05, 3.63) is 29.3 Å². The van der Waals surface area contributed by atoms with Crippen LogP contribution in [0.4, 0.5) is 0 Å². The number of benzene rings is 1. The van der Waals surface area contributed by atoms with Crippen molar-refractivity contribution in [2.45, 2.75) is 51.6 Å². The van der Waals surface area contributed by atoms with Gasteiger partial charge < -0.3 is 18.9 Å². The fraction of sp³-hybridized carbons (Fsp3) is 0.609. The van der Waals surface area contributed by atoms with Gasteiger partial charge in [-0.25, -0.2) is 4.79 Å². The van der Waals surface area contributed by atoms with Gasteiger partial charge in [0.15, 0.2) is 0 Å². The van der Waals surface area contributed by atoms with Gasteiger partial charge in [-0.3, -0.25) is 9.59 Å². The van der Waals surface area contributed by atoms with Crippen molar-refractivity contribution in [3.8, 4) is 5.75 Å². The number of fused-ring (bicyclic) bond motifs is 1. The monoisotopic (exact) mass is 418 g/mol. The molecule has 30 heavy (non-hydrogen) atoms. The molecule has 3 rings (SSSR count). The molecule has 0 spiro atoms. The molecule has 1 aromatic carbocycles. The lowest BCUT2D eigenvalue weighted by Crippen LogP contribution is -2.46. The van der Waals surface area contributed by atoms with Gasteiger partial charge in [0.1, 0.15) is 11.9 Å². The highest BCUT2D eigenvalue weighted by Gasteiger charge is 2.58. The summed E-state index contributed by atoms with van der Waals surface area (Å²) in [5, 5.41) is 0. The van der Waals surface area contributed by atoms with Crippen LogP contribution in [-0.2, 0) is 23.8 Å². The van der Waals surface area contributed by atoms with E-state index >= 15 is 0 Å². The van der Waals surface area contributed by atoms with Gasteiger partial charge in [0, 0.05) is 12.3 Å². The van der Waals surface area contributed by atoms with E-state index in [2.05, 4.69) is 6.92 Å². The molecule has 0 N–H and O–H groups in total. The molecule has 2 saturated carbocycles. The van der Waals surface area contributed by atoms with Gasteiger partial charge >= 0.3 is 17.9 Å². The van der Waals surface area contributed by atoms with Gasteiger partial charge in [-0.1, -0.05) is 13.0 Å². The maximum Gasteiger partial charge on any atom is 0.338 e. The maximum atomic E-state index is 13.0. The summed E-state index contributed by atoms with van der Waals surface area (Å²) in [6, 6.07) is 5.28. The second kappa shape index (κ2) is 8.66. The summed E-state index contributed by atoms with van der Waals surface area (Å²) < 4.78 is 21.1. The van der Waals surface area contributed by atoms with E-state index in [-0.39, 0.29) is 35.3 Å². The van der Waals surface area contributed by atoms with Crippen molar-refractivity contribution >= 4 is 17.9 Å². The zero-order valence-electron chi connectivity index (χ0n) is 18.2. The highest BCUT2D eigenvalue weighted by molar-refractivity contribution is 5.92. The van der Waals surface area contributed by atoms with Crippen molar-refractivity contribution in [2.24, 2.45) is 17.3 Å². The van der Waals surface area contributed by atoms with Gasteiger partial charge in [0.05, 0.1) is 32.8 Å². The number of hydrogen-bond donors (Lipinski definition) is 0. The predicted octanol–water partition coefficient (Wildman–Crippen LogP) is 3.50. The quantitative estimate of drug-likeness (QED) is 0.534. The second-order valence-electron chi connectivity index (χ2n) is 8.43. The molecule has 0 heterocycles. The van der Waals surface area contributed by atoms with Crippen molar-refractivity contribution in [1.29, 1.82) is 0 Å². The van der Waals surface area contributed by atoms with E-state index in [0.29, 0.717) is 24.2 Å². The molecule has 0 amide bonds. The van der Waals surface area contributed by atoms with Crippen LogP contribution in [0.15, 0.2) is 18.2 Å². The lowest BCUT2D eigenvalue weighted by atomic mass is 9.58. The van der Waals surface area contributed by atoms with Crippen LogP contribution >= 0.6 is 0 Å². The van der Waals surface area contributed by atoms with Crippen LogP contribution in [0, 0.1) is 17.3 Å². The predicted molar refractivity (Wildman–Crippen MR) is 108 cm³/mol. The van der Waals surface area contributed by atoms with E-state index in [4.69, 9.17) is 18.9 Å². The third kappa shape index (κ3) is 3.77. The zero-order chi connectivity index (χ0) is 22.1. The Morgan fingerprint density at radius 1 is 1.03 bits per heavy atom. The van der Waals surface area contributed by atoms with Gasteiger partial charge in [-0.15, -0.1) is 0 Å². The minimum atomic E-state index is -0.468. The number of ether oxygens (including phenoxy) is 4. The summed E-state index contributed by atoms with van der Waals surface area (Å²) in [4.78, 5) is 37.1. The van der Waals surface area contributed by atoms with Gasteiger partial charge in [-0.2, -0.15) is 0 Å². The lowest BCUT2D eigenvalue weighted by molar-refractivity contribution is -0.160. The molecule has 0 radical (unpaired) electrons. The number of rotatable bonds is 5. The molecule has 2 aliphatic rings. The van der Waals surface area contributed by atoms with E-state index in [9.17, 15) is 14.4 Å². The Balaban J connectivity index is 2.04. The topological polar surface area (TPSA) is 88.1 Å². The van der Waals surface area contributed by atoms with Crippen molar-refractivity contribution in [2.75, 3.05) is 21.3 Å². The van der Waals surface area contributed by atoms with Crippen molar-refractivity contribution in [1.82, 2.24) is 0 Å². The summed E-state index contributed by atoms with van der Waals surface area (Å²) in [6.45, 7) is 3.51. The molecule has 0 unspecified atom stereocenters. The third-order valence-electron chi connectivity index (χ3n) is 7.03. The molecule has 0 aliphatic heterocycles. The van der Waals surface area contributed by atoms with Crippen LogP contribution in [0.2, 0.25) is 0 Å². The van der Waals surface area contributed by atoms with Crippen LogP contribution < -0.4 is 4.74 Å². The Labute approximate surface area is 177 Å². The normalized spacial score (nSPS) is 30.2. The maximum absolute atomic E-state index is 13.0. The van der Waals surface area contributed by atoms with Gasteiger partial charge in [0.2, 0.25) is 0 Å². The van der Waals surface area contributed by atoms with Gasteiger partial charge in [-0.05, 0) is 55.2 Å². The summed E-state index contributed by atoms with van der Waals surface area (Å²) in [7, 11) is 4.26. The van der Waals surface area contributed by atoms with E-state index in [1.165, 1.54) is 28.3 Å². The van der Waals surface area contributed by atoms with Crippen LogP contribution in [-0.4, -0.2) is 45.3 Å². The first-order valence-electron chi connectivity index (χ1n) is 10.3. The minimum absolute atomic E-state index is 0.0133. The molecule has 7 heteroatoms. The number of carbonyl (C=O) groups is 3. The summed E-state index contributed by atoms with van der Waals surface area (Å²) in [5.74, 6) is -1.18. The Morgan fingerprint density at radius 3 is 2.37 bits per heavy atom. The zero-order valence-corrected chi connectivity index (χ0v) is 18.2. The Morgan fingerprint density at radius 2 is 1.77 bits per heavy atom. The molecule has 5 atom stereocenters. The average Bonchev–Trinajstić information content (AvgIpc) is 3.07.